The van der Waals surface area contributed by atoms with Crippen LogP contribution in [0.25, 0.3) is 0 Å². The third-order valence-electron chi connectivity index (χ3n) is 4.87. The molecule has 2 fully saturated rings. The second-order valence-electron chi connectivity index (χ2n) is 5.85. The Morgan fingerprint density at radius 1 is 1.44 bits per heavy atom. The van der Waals surface area contributed by atoms with E-state index in [1.165, 1.54) is 0 Å². The van der Waals surface area contributed by atoms with Crippen LogP contribution in [-0.2, 0) is 9.59 Å². The number of allylic oxidation sites excluding steroid dienone is 1. The minimum absolute atomic E-state index is 0.0109. The SMILES string of the molecule is C=C(C(=O)O)[C@@H]1CC[C@@]2(C)C(=O)CCC(=C)[C@@H]2C1. The highest BCUT2D eigenvalue weighted by Gasteiger charge is 2.48. The second kappa shape index (κ2) is 4.38. The van der Waals surface area contributed by atoms with Crippen LogP contribution in [-0.4, -0.2) is 16.9 Å². The number of ketones is 1. The van der Waals surface area contributed by atoms with Gasteiger partial charge in [0, 0.05) is 17.4 Å². The monoisotopic (exact) mass is 248 g/mol. The maximum absolute atomic E-state index is 12.1. The Morgan fingerprint density at radius 2 is 2.11 bits per heavy atom. The van der Waals surface area contributed by atoms with Crippen LogP contribution in [0.4, 0.5) is 0 Å². The smallest absolute Gasteiger partial charge is 0.331 e. The molecule has 0 aromatic heterocycles. The molecule has 0 heterocycles. The molecule has 0 spiro atoms. The molecule has 0 unspecified atom stereocenters. The lowest BCUT2D eigenvalue weighted by atomic mass is 9.55. The van der Waals surface area contributed by atoms with Crippen LogP contribution in [0.15, 0.2) is 24.3 Å². The van der Waals surface area contributed by atoms with E-state index in [1.807, 2.05) is 6.92 Å². The standard InChI is InChI=1S/C15H20O3/c1-9-4-5-13(16)15(3)7-6-11(8-12(9)15)10(2)14(17)18/h11-12H,1-2,4-8H2,3H3,(H,17,18)/t11-,12+,15-/m1/s1. The molecule has 2 saturated carbocycles. The zero-order valence-electron chi connectivity index (χ0n) is 10.9. The summed E-state index contributed by atoms with van der Waals surface area (Å²) in [7, 11) is 0. The molecule has 1 N–H and O–H groups in total. The predicted octanol–water partition coefficient (Wildman–Crippen LogP) is 2.97. The Balaban J connectivity index is 2.22. The summed E-state index contributed by atoms with van der Waals surface area (Å²) in [6, 6.07) is 0. The number of carboxylic acid groups (broad SMARTS) is 1. The molecule has 18 heavy (non-hydrogen) atoms. The number of fused-ring (bicyclic) bond motifs is 1. The number of aliphatic carboxylic acids is 1. The van der Waals surface area contributed by atoms with Gasteiger partial charge in [0.25, 0.3) is 0 Å². The van der Waals surface area contributed by atoms with Gasteiger partial charge in [0.1, 0.15) is 5.78 Å². The summed E-state index contributed by atoms with van der Waals surface area (Å²) in [5, 5.41) is 9.02. The fourth-order valence-electron chi connectivity index (χ4n) is 3.49. The molecule has 2 aliphatic rings. The van der Waals surface area contributed by atoms with Gasteiger partial charge in [0.05, 0.1) is 0 Å². The fourth-order valence-corrected chi connectivity index (χ4v) is 3.49. The Labute approximate surface area is 108 Å². The number of rotatable bonds is 2. The molecule has 3 atom stereocenters. The van der Waals surface area contributed by atoms with Crippen molar-refractivity contribution < 1.29 is 14.7 Å². The first-order valence-electron chi connectivity index (χ1n) is 6.49. The third-order valence-corrected chi connectivity index (χ3v) is 4.87. The van der Waals surface area contributed by atoms with E-state index in [1.54, 1.807) is 0 Å². The van der Waals surface area contributed by atoms with Gasteiger partial charge in [-0.3, -0.25) is 4.79 Å². The van der Waals surface area contributed by atoms with Crippen LogP contribution in [0.3, 0.4) is 0 Å². The van der Waals surface area contributed by atoms with Gasteiger partial charge in [-0.1, -0.05) is 25.7 Å². The molecule has 0 aromatic rings. The van der Waals surface area contributed by atoms with Crippen LogP contribution in [0, 0.1) is 17.3 Å². The average Bonchev–Trinajstić information content (AvgIpc) is 2.33. The summed E-state index contributed by atoms with van der Waals surface area (Å²) in [5.41, 5.74) is 1.08. The molecule has 0 saturated heterocycles. The Hall–Kier alpha value is -1.38. The maximum atomic E-state index is 12.1. The molecule has 3 heteroatoms. The number of carbonyl (C=O) groups is 2. The van der Waals surface area contributed by atoms with E-state index >= 15 is 0 Å². The van der Waals surface area contributed by atoms with Crippen LogP contribution >= 0.6 is 0 Å². The van der Waals surface area contributed by atoms with Gasteiger partial charge in [-0.25, -0.2) is 4.79 Å². The number of Topliss-reactive ketones (excluding diaryl/α,β-unsaturated/α-hetero) is 1. The summed E-state index contributed by atoms with van der Waals surface area (Å²) in [6.45, 7) is 9.77. The predicted molar refractivity (Wildman–Crippen MR) is 69.1 cm³/mol. The Kier molecular flexibility index (Phi) is 3.18. The van der Waals surface area contributed by atoms with Crippen molar-refractivity contribution in [3.63, 3.8) is 0 Å². The highest BCUT2D eigenvalue weighted by molar-refractivity contribution is 5.88. The molecule has 0 amide bonds. The van der Waals surface area contributed by atoms with Gasteiger partial charge in [0.15, 0.2) is 0 Å². The van der Waals surface area contributed by atoms with Crippen molar-refractivity contribution in [3.05, 3.63) is 24.3 Å². The normalized spacial score (nSPS) is 36.1. The number of hydrogen-bond donors (Lipinski definition) is 1. The summed E-state index contributed by atoms with van der Waals surface area (Å²) < 4.78 is 0. The topological polar surface area (TPSA) is 54.4 Å². The first kappa shape index (κ1) is 13.1. The van der Waals surface area contributed by atoms with Crippen molar-refractivity contribution in [2.24, 2.45) is 17.3 Å². The van der Waals surface area contributed by atoms with E-state index in [9.17, 15) is 9.59 Å². The van der Waals surface area contributed by atoms with Gasteiger partial charge >= 0.3 is 5.97 Å². The van der Waals surface area contributed by atoms with Crippen LogP contribution in [0.2, 0.25) is 0 Å². The van der Waals surface area contributed by atoms with E-state index < -0.39 is 5.97 Å². The van der Waals surface area contributed by atoms with Gasteiger partial charge < -0.3 is 5.11 Å². The number of carbonyl (C=O) groups excluding carboxylic acids is 1. The van der Waals surface area contributed by atoms with Crippen molar-refractivity contribution in [3.8, 4) is 0 Å². The second-order valence-corrected chi connectivity index (χ2v) is 5.85. The van der Waals surface area contributed by atoms with E-state index in [0.29, 0.717) is 18.6 Å². The summed E-state index contributed by atoms with van der Waals surface area (Å²) in [6.07, 6.45) is 3.57. The maximum Gasteiger partial charge on any atom is 0.331 e. The van der Waals surface area contributed by atoms with Crippen molar-refractivity contribution in [2.45, 2.75) is 39.0 Å². The summed E-state index contributed by atoms with van der Waals surface area (Å²) >= 11 is 0. The summed E-state index contributed by atoms with van der Waals surface area (Å²) in [5.74, 6) is -0.479. The lowest BCUT2D eigenvalue weighted by Crippen LogP contribution is -2.45. The van der Waals surface area contributed by atoms with Gasteiger partial charge in [0.2, 0.25) is 0 Å². The zero-order chi connectivity index (χ0) is 13.5. The minimum Gasteiger partial charge on any atom is -0.478 e. The number of hydrogen-bond acceptors (Lipinski definition) is 2. The minimum atomic E-state index is -0.920. The Bertz CT molecular complexity index is 435. The van der Waals surface area contributed by atoms with Crippen molar-refractivity contribution in [1.82, 2.24) is 0 Å². The first-order chi connectivity index (χ1) is 8.36. The Morgan fingerprint density at radius 3 is 2.72 bits per heavy atom. The molecule has 3 nitrogen and oxygen atoms in total. The lowest BCUT2D eigenvalue weighted by molar-refractivity contribution is -0.135. The molecule has 0 radical (unpaired) electrons. The summed E-state index contributed by atoms with van der Waals surface area (Å²) in [4.78, 5) is 23.1. The zero-order valence-corrected chi connectivity index (χ0v) is 10.9. The van der Waals surface area contributed by atoms with Crippen molar-refractivity contribution in [1.29, 1.82) is 0 Å². The fraction of sp³-hybridized carbons (Fsp3) is 0.600. The van der Waals surface area contributed by atoms with Gasteiger partial charge in [-0.05, 0) is 37.5 Å². The van der Waals surface area contributed by atoms with Crippen LogP contribution in [0.5, 0.6) is 0 Å². The van der Waals surface area contributed by atoms with Gasteiger partial charge in [-0.2, -0.15) is 0 Å². The molecule has 0 aliphatic heterocycles. The molecule has 0 aromatic carbocycles. The third kappa shape index (κ3) is 1.92. The molecule has 2 aliphatic carbocycles. The largest absolute Gasteiger partial charge is 0.478 e. The highest BCUT2D eigenvalue weighted by Crippen LogP contribution is 2.52. The van der Waals surface area contributed by atoms with Crippen LogP contribution in [0.1, 0.15) is 39.0 Å². The lowest BCUT2D eigenvalue weighted by Gasteiger charge is -2.47. The molecular formula is C15H20O3. The van der Waals surface area contributed by atoms with E-state index in [2.05, 4.69) is 13.2 Å². The van der Waals surface area contributed by atoms with Crippen molar-refractivity contribution >= 4 is 11.8 Å². The van der Waals surface area contributed by atoms with Crippen molar-refractivity contribution in [2.75, 3.05) is 0 Å². The molecule has 98 valence electrons. The quantitative estimate of drug-likeness (QED) is 0.603. The molecule has 0 bridgehead atoms. The van der Waals surface area contributed by atoms with E-state index in [0.717, 1.165) is 24.8 Å². The number of carboxylic acids is 1. The van der Waals surface area contributed by atoms with Crippen LogP contribution < -0.4 is 0 Å². The molecule has 2 rings (SSSR count). The average molecular weight is 248 g/mol. The first-order valence-corrected chi connectivity index (χ1v) is 6.49. The van der Waals surface area contributed by atoms with E-state index in [-0.39, 0.29) is 22.8 Å². The van der Waals surface area contributed by atoms with E-state index in [4.69, 9.17) is 5.11 Å². The van der Waals surface area contributed by atoms with Gasteiger partial charge in [-0.15, -0.1) is 0 Å². The highest BCUT2D eigenvalue weighted by atomic mass is 16.4. The molecular weight excluding hydrogens is 228 g/mol.